The minimum Gasteiger partial charge on any atom is -0.466 e. The summed E-state index contributed by atoms with van der Waals surface area (Å²) in [6.07, 6.45) is 38.2. The molecule has 11 nitrogen and oxygen atoms in total. The smallest absolute Gasteiger partial charge is 0.466 e. The Kier molecular flexibility index (Phi) is 32.3. The van der Waals surface area contributed by atoms with Crippen molar-refractivity contribution in [2.75, 3.05) is 26.4 Å². The van der Waals surface area contributed by atoms with E-state index < -0.39 is 38.6 Å². The molecule has 0 saturated carbocycles. The largest absolute Gasteiger partial charge is 0.472 e. The highest BCUT2D eigenvalue weighted by atomic mass is 31.2. The number of carbonyl (C=O) groups is 2. The lowest BCUT2D eigenvalue weighted by Crippen LogP contribution is -2.29. The Morgan fingerprint density at radius 3 is 1.98 bits per heavy atom. The van der Waals surface area contributed by atoms with Gasteiger partial charge in [0.1, 0.15) is 18.1 Å². The van der Waals surface area contributed by atoms with Gasteiger partial charge in [0.2, 0.25) is 0 Å². The number of hydrogen-bond acceptors (Lipinski definition) is 10. The van der Waals surface area contributed by atoms with Crippen LogP contribution in [0, 0.1) is 13.8 Å². The van der Waals surface area contributed by atoms with E-state index in [2.05, 4.69) is 64.2 Å². The molecular weight excluding hydrogens is 769 g/mol. The molecule has 3 atom stereocenters. The van der Waals surface area contributed by atoms with E-state index in [1.54, 1.807) is 18.2 Å². The number of phosphoric ester groups is 1. The molecule has 1 heterocycles. The number of aliphatic hydroxyl groups is 1. The van der Waals surface area contributed by atoms with Crippen LogP contribution >= 0.6 is 7.82 Å². The molecule has 59 heavy (non-hydrogen) atoms. The molecule has 0 aliphatic rings. The number of nitrogens with two attached hydrogens (primary N) is 1. The van der Waals surface area contributed by atoms with Crippen molar-refractivity contribution in [3.63, 3.8) is 0 Å². The van der Waals surface area contributed by atoms with Gasteiger partial charge in [0.05, 0.1) is 19.3 Å². The minimum atomic E-state index is -4.44. The second-order valence-corrected chi connectivity index (χ2v) is 16.1. The molecule has 1 rings (SSSR count). The third-order valence-electron chi connectivity index (χ3n) is 9.37. The Labute approximate surface area is 355 Å². The summed E-state index contributed by atoms with van der Waals surface area (Å²) < 4.78 is 38.8. The summed E-state index contributed by atoms with van der Waals surface area (Å²) in [7, 11) is -4.44. The fourth-order valence-corrected chi connectivity index (χ4v) is 6.67. The van der Waals surface area contributed by atoms with Gasteiger partial charge in [0.15, 0.2) is 6.10 Å². The van der Waals surface area contributed by atoms with Crippen molar-refractivity contribution in [1.82, 2.24) is 0 Å². The van der Waals surface area contributed by atoms with Crippen LogP contribution in [0.15, 0.2) is 77.3 Å². The Hall–Kier alpha value is -3.31. The maximum Gasteiger partial charge on any atom is 0.472 e. The van der Waals surface area contributed by atoms with E-state index in [1.807, 2.05) is 18.2 Å². The molecule has 0 aliphatic carbocycles. The molecule has 1 aromatic heterocycles. The number of furan rings is 1. The Balaban J connectivity index is 2.34. The summed E-state index contributed by atoms with van der Waals surface area (Å²) in [5, 5.41) is 10.2. The van der Waals surface area contributed by atoms with Crippen molar-refractivity contribution in [1.29, 1.82) is 0 Å². The fraction of sp³-hybridized carbons (Fsp3) is 0.617. The molecule has 0 aromatic carbocycles. The highest BCUT2D eigenvalue weighted by Crippen LogP contribution is 2.43. The van der Waals surface area contributed by atoms with E-state index in [4.69, 9.17) is 28.7 Å². The maximum atomic E-state index is 12.6. The molecule has 334 valence electrons. The number of esters is 2. The highest BCUT2D eigenvalue weighted by molar-refractivity contribution is 7.47. The van der Waals surface area contributed by atoms with Gasteiger partial charge in [-0.25, -0.2) is 4.57 Å². The summed E-state index contributed by atoms with van der Waals surface area (Å²) in [5.74, 6) is 1.23. The number of aryl methyl sites for hydroxylation is 2. The number of aliphatic hydroxyl groups excluding tert-OH is 1. The van der Waals surface area contributed by atoms with E-state index in [0.29, 0.717) is 19.3 Å². The number of ether oxygens (including phenoxy) is 2. The lowest BCUT2D eigenvalue weighted by molar-refractivity contribution is -0.161. The molecule has 2 unspecified atom stereocenters. The molecule has 0 radical (unpaired) electrons. The number of allylic oxidation sites excluding steroid dienone is 10. The van der Waals surface area contributed by atoms with Gasteiger partial charge in [0, 0.05) is 32.2 Å². The average Bonchev–Trinajstić information content (AvgIpc) is 3.48. The Morgan fingerprint density at radius 1 is 0.729 bits per heavy atom. The van der Waals surface area contributed by atoms with Gasteiger partial charge in [-0.15, -0.1) is 0 Å². The maximum absolute atomic E-state index is 12.6. The lowest BCUT2D eigenvalue weighted by Gasteiger charge is -2.19. The molecule has 0 amide bonds. The second kappa shape index (κ2) is 35.4. The lowest BCUT2D eigenvalue weighted by atomic mass is 10.0. The molecule has 0 bridgehead atoms. The predicted molar refractivity (Wildman–Crippen MR) is 238 cm³/mol. The van der Waals surface area contributed by atoms with Crippen LogP contribution in [0.25, 0.3) is 0 Å². The van der Waals surface area contributed by atoms with Crippen LogP contribution in [0.3, 0.4) is 0 Å². The van der Waals surface area contributed by atoms with E-state index in [-0.39, 0.29) is 32.6 Å². The fourth-order valence-electron chi connectivity index (χ4n) is 5.91. The normalized spacial score (nSPS) is 14.5. The van der Waals surface area contributed by atoms with Crippen LogP contribution < -0.4 is 5.73 Å². The summed E-state index contributed by atoms with van der Waals surface area (Å²) in [5.41, 5.74) is 7.95. The Morgan fingerprint density at radius 2 is 1.34 bits per heavy atom. The van der Waals surface area contributed by atoms with Gasteiger partial charge in [-0.05, 0) is 82.8 Å². The zero-order valence-corrected chi connectivity index (χ0v) is 37.4. The van der Waals surface area contributed by atoms with Gasteiger partial charge in [0.25, 0.3) is 0 Å². The van der Waals surface area contributed by atoms with Crippen molar-refractivity contribution in [3.05, 3.63) is 95.6 Å². The zero-order valence-electron chi connectivity index (χ0n) is 36.5. The van der Waals surface area contributed by atoms with E-state index in [9.17, 15) is 24.2 Å². The van der Waals surface area contributed by atoms with Gasteiger partial charge in [-0.1, -0.05) is 125 Å². The van der Waals surface area contributed by atoms with Gasteiger partial charge < -0.3 is 29.6 Å². The van der Waals surface area contributed by atoms with Gasteiger partial charge >= 0.3 is 19.8 Å². The summed E-state index contributed by atoms with van der Waals surface area (Å²) in [6.45, 7) is 7.60. The molecule has 0 spiro atoms. The molecule has 4 N–H and O–H groups in total. The van der Waals surface area contributed by atoms with E-state index in [0.717, 1.165) is 88.6 Å². The standard InChI is InChI=1S/C47H76NO10P/c1-5-7-8-9-10-11-12-13-14-15-18-21-25-31-42(49)32-26-24-29-35-47(51)57-43(39-56-59(52,53)55-37-36-48)38-54-46(50)34-28-23-20-17-16-19-22-27-33-45-41(4)40(3)44(58-45)30-6-2/h7-8,10-11,13-14,18,21,24-26,31,42-43,49H,5-6,9,12,15-17,19-20,22-23,27-30,32-39,48H2,1-4H3,(H,52,53)/b8-7-,11-10-,14-13-,21-18-,26-24-,31-25-/t42?,43-/m1/s1. The first-order valence-electron chi connectivity index (χ1n) is 21.9. The van der Waals surface area contributed by atoms with Crippen molar-refractivity contribution >= 4 is 19.8 Å². The van der Waals surface area contributed by atoms with Crippen LogP contribution in [0.2, 0.25) is 0 Å². The number of rotatable bonds is 36. The predicted octanol–water partition coefficient (Wildman–Crippen LogP) is 10.9. The first-order chi connectivity index (χ1) is 28.5. The summed E-state index contributed by atoms with van der Waals surface area (Å²) >= 11 is 0. The minimum absolute atomic E-state index is 0.0124. The van der Waals surface area contributed by atoms with Crippen LogP contribution in [0.5, 0.6) is 0 Å². The molecule has 0 fully saturated rings. The number of carbonyl (C=O) groups excluding carboxylic acids is 2. The van der Waals surface area contributed by atoms with Crippen LogP contribution in [0.1, 0.15) is 146 Å². The second-order valence-electron chi connectivity index (χ2n) is 14.6. The van der Waals surface area contributed by atoms with Crippen molar-refractivity contribution in [2.24, 2.45) is 5.73 Å². The van der Waals surface area contributed by atoms with Crippen molar-refractivity contribution < 1.29 is 47.1 Å². The van der Waals surface area contributed by atoms with Crippen LogP contribution in [-0.4, -0.2) is 60.5 Å². The molecule has 0 saturated heterocycles. The molecule has 12 heteroatoms. The first-order valence-corrected chi connectivity index (χ1v) is 23.4. The van der Waals surface area contributed by atoms with Crippen molar-refractivity contribution in [3.8, 4) is 0 Å². The first kappa shape index (κ1) is 53.7. The molecule has 0 aliphatic heterocycles. The quantitative estimate of drug-likeness (QED) is 0.0193. The van der Waals surface area contributed by atoms with E-state index >= 15 is 0 Å². The molecule has 1 aromatic rings. The number of unbranched alkanes of at least 4 members (excludes halogenated alkanes) is 7. The topological polar surface area (TPSA) is 168 Å². The van der Waals surface area contributed by atoms with Crippen LogP contribution in [-0.2, 0) is 45.5 Å². The average molecular weight is 846 g/mol. The number of hydrogen-bond donors (Lipinski definition) is 3. The number of phosphoric acid groups is 1. The SMILES string of the molecule is CC/C=C\C/C=C\C/C=C\C/C=C\C=C/C(O)C/C=C\CCC(=O)O[C@H](COC(=O)CCCCCCCCCCc1oc(CCC)c(C)c1C)COP(=O)(O)OCCN. The van der Waals surface area contributed by atoms with E-state index in [1.165, 1.54) is 24.0 Å². The zero-order chi connectivity index (χ0) is 43.4. The van der Waals surface area contributed by atoms with Gasteiger partial charge in [-0.2, -0.15) is 0 Å². The summed E-state index contributed by atoms with van der Waals surface area (Å²) in [6, 6.07) is 0. The summed E-state index contributed by atoms with van der Waals surface area (Å²) in [4.78, 5) is 35.0. The third-order valence-corrected chi connectivity index (χ3v) is 10.4. The van der Waals surface area contributed by atoms with Crippen molar-refractivity contribution in [2.45, 2.75) is 162 Å². The van der Waals surface area contributed by atoms with Gasteiger partial charge in [-0.3, -0.25) is 18.6 Å². The Bertz CT molecular complexity index is 1490. The van der Waals surface area contributed by atoms with Crippen LogP contribution in [0.4, 0.5) is 0 Å². The highest BCUT2D eigenvalue weighted by Gasteiger charge is 2.26. The molecular formula is C47H76NO10P. The monoisotopic (exact) mass is 846 g/mol. The third kappa shape index (κ3) is 29.5.